The van der Waals surface area contributed by atoms with Gasteiger partial charge in [0, 0.05) is 59.1 Å². The summed E-state index contributed by atoms with van der Waals surface area (Å²) in [6, 6.07) is 17.4. The van der Waals surface area contributed by atoms with Gasteiger partial charge in [0.1, 0.15) is 0 Å². The first-order chi connectivity index (χ1) is 25.9. The summed E-state index contributed by atoms with van der Waals surface area (Å²) in [5.74, 6) is 0.254. The van der Waals surface area contributed by atoms with Gasteiger partial charge < -0.3 is 25.3 Å². The average Bonchev–Trinajstić information content (AvgIpc) is 3.98. The highest BCUT2D eigenvalue weighted by Gasteiger charge is 2.40. The molecule has 12 heteroatoms. The second-order valence-electron chi connectivity index (χ2n) is 15.9. The molecule has 7 rings (SSSR count). The molecule has 4 aliphatic rings. The Morgan fingerprint density at radius 3 is 1.81 bits per heavy atom. The lowest BCUT2D eigenvalue weighted by atomic mass is 9.67. The van der Waals surface area contributed by atoms with Gasteiger partial charge in [-0.05, 0) is 114 Å². The number of likely N-dealkylation sites (tertiary alicyclic amines) is 1. The number of rotatable bonds is 8. The van der Waals surface area contributed by atoms with Gasteiger partial charge in [-0.25, -0.2) is 4.98 Å². The molecule has 0 bridgehead atoms. The minimum atomic E-state index is -0.357. The standard InChI is InChI=1S/C21H28ClN3S.C14H16Cl2O.C7H15N3S/c1-24(2)18-10-13-25(14-18)20-23-19(15-26-20)21(11-4-3-5-12-21)16-6-8-17(22)9-7-16;15-10-13(17)14(8-2-1-3-9-14)11-4-6-12(16)7-5-11;1-9(2)6-3-4-10(5-6)7(8)11/h6-9,15,18H,3-5,10-14H2,1-2H3;4-7H,1-3,8-10H2;6H,3-5H2,1-2H3,(H2,8,11). The molecule has 3 heterocycles. The van der Waals surface area contributed by atoms with Gasteiger partial charge >= 0.3 is 0 Å². The molecule has 0 spiro atoms. The second kappa shape index (κ2) is 19.9. The van der Waals surface area contributed by atoms with Crippen LogP contribution in [0, 0.1) is 0 Å². The highest BCUT2D eigenvalue weighted by Crippen LogP contribution is 2.46. The van der Waals surface area contributed by atoms with Crippen LogP contribution in [0.2, 0.25) is 10.0 Å². The topological polar surface area (TPSA) is 68.9 Å². The van der Waals surface area contributed by atoms with Gasteiger partial charge in [-0.1, -0.05) is 86.0 Å². The maximum atomic E-state index is 12.2. The number of carbonyl (C=O) groups excluding carboxylic acids is 1. The molecular formula is C42H59Cl3N6OS2. The number of thiocarbonyl (C=S) groups is 1. The summed E-state index contributed by atoms with van der Waals surface area (Å²) < 4.78 is 0. The monoisotopic (exact) mass is 832 g/mol. The van der Waals surface area contributed by atoms with Crippen LogP contribution in [-0.2, 0) is 15.6 Å². The maximum Gasteiger partial charge on any atom is 0.185 e. The predicted molar refractivity (Wildman–Crippen MR) is 234 cm³/mol. The zero-order valence-corrected chi connectivity index (χ0v) is 36.4. The van der Waals surface area contributed by atoms with Gasteiger partial charge in [0.15, 0.2) is 16.0 Å². The number of halogens is 3. The highest BCUT2D eigenvalue weighted by atomic mass is 35.5. The number of anilines is 1. The van der Waals surface area contributed by atoms with Crippen LogP contribution in [0.25, 0.3) is 0 Å². The number of likely N-dealkylation sites (N-methyl/N-ethyl adjacent to an activating group) is 2. The number of alkyl halides is 1. The summed E-state index contributed by atoms with van der Waals surface area (Å²) >= 11 is 24.5. The van der Waals surface area contributed by atoms with Gasteiger partial charge in [-0.15, -0.1) is 22.9 Å². The third kappa shape index (κ3) is 10.5. The number of benzene rings is 2. The molecule has 2 N–H and O–H groups in total. The Kier molecular flexibility index (Phi) is 15.9. The molecule has 2 atom stereocenters. The number of thiazole rings is 1. The summed E-state index contributed by atoms with van der Waals surface area (Å²) in [4.78, 5) is 26.5. The Hall–Kier alpha value is -1.98. The molecule has 296 valence electrons. The summed E-state index contributed by atoms with van der Waals surface area (Å²) in [6.07, 6.45) is 13.9. The molecule has 3 aromatic rings. The van der Waals surface area contributed by atoms with Gasteiger partial charge in [0.05, 0.1) is 17.0 Å². The van der Waals surface area contributed by atoms with E-state index in [0.29, 0.717) is 22.2 Å². The summed E-state index contributed by atoms with van der Waals surface area (Å²) in [7, 11) is 8.54. The average molecular weight is 834 g/mol. The first-order valence-electron chi connectivity index (χ1n) is 19.6. The quantitative estimate of drug-likeness (QED) is 0.178. The van der Waals surface area contributed by atoms with Gasteiger partial charge in [0.25, 0.3) is 0 Å². The van der Waals surface area contributed by atoms with Crippen LogP contribution in [0.5, 0.6) is 0 Å². The lowest BCUT2D eigenvalue weighted by Crippen LogP contribution is -2.38. The molecule has 2 unspecified atom stereocenters. The van der Waals surface area contributed by atoms with Crippen molar-refractivity contribution in [1.82, 2.24) is 19.7 Å². The fraction of sp³-hybridized carbons (Fsp3) is 0.595. The van der Waals surface area contributed by atoms with Crippen molar-refractivity contribution in [3.8, 4) is 0 Å². The van der Waals surface area contributed by atoms with Crippen molar-refractivity contribution < 1.29 is 4.79 Å². The molecule has 2 saturated heterocycles. The Morgan fingerprint density at radius 2 is 1.33 bits per heavy atom. The molecule has 4 fully saturated rings. The number of hydrogen-bond donors (Lipinski definition) is 1. The Labute approximate surface area is 348 Å². The summed E-state index contributed by atoms with van der Waals surface area (Å²) in [5.41, 5.74) is 8.94. The van der Waals surface area contributed by atoms with Crippen LogP contribution in [0.3, 0.4) is 0 Å². The molecule has 2 saturated carbocycles. The maximum absolute atomic E-state index is 12.2. The summed E-state index contributed by atoms with van der Waals surface area (Å²) in [5, 5.41) is 5.57. The predicted octanol–water partition coefficient (Wildman–Crippen LogP) is 9.40. The van der Waals surface area contributed by atoms with Crippen LogP contribution in [0.4, 0.5) is 5.13 Å². The SMILES string of the molecule is CN(C)C1CCN(C(N)=S)C1.CN(C)C1CCN(c2nc(C3(c4ccc(Cl)cc4)CCCCC3)cs2)C1.O=C(CCl)C1(c2ccc(Cl)cc2)CCCCC1. The molecule has 2 aromatic carbocycles. The van der Waals surface area contributed by atoms with Crippen molar-refractivity contribution in [3.05, 3.63) is 80.8 Å². The van der Waals surface area contributed by atoms with Crippen LogP contribution >= 0.6 is 58.4 Å². The van der Waals surface area contributed by atoms with Crippen LogP contribution in [0.15, 0.2) is 53.9 Å². The highest BCUT2D eigenvalue weighted by molar-refractivity contribution is 7.80. The van der Waals surface area contributed by atoms with E-state index < -0.39 is 0 Å². The molecule has 0 radical (unpaired) electrons. The van der Waals surface area contributed by atoms with Crippen molar-refractivity contribution in [2.75, 3.05) is 65.1 Å². The van der Waals surface area contributed by atoms with E-state index in [1.807, 2.05) is 47.7 Å². The zero-order valence-electron chi connectivity index (χ0n) is 32.5. The van der Waals surface area contributed by atoms with E-state index in [9.17, 15) is 4.79 Å². The van der Waals surface area contributed by atoms with E-state index in [2.05, 4.69) is 65.3 Å². The third-order valence-electron chi connectivity index (χ3n) is 12.2. The fourth-order valence-corrected chi connectivity index (χ4v) is 10.4. The number of nitrogens with two attached hydrogens (primary N) is 1. The van der Waals surface area contributed by atoms with Crippen LogP contribution < -0.4 is 10.6 Å². The first-order valence-corrected chi connectivity index (χ1v) is 22.2. The minimum Gasteiger partial charge on any atom is -0.376 e. The number of ketones is 1. The normalized spacial score (nSPS) is 22.0. The first kappa shape index (κ1) is 43.1. The van der Waals surface area contributed by atoms with E-state index in [4.69, 9.17) is 57.7 Å². The fourth-order valence-electron chi connectivity index (χ4n) is 8.73. The minimum absolute atomic E-state index is 0.0677. The molecule has 7 nitrogen and oxygen atoms in total. The third-order valence-corrected chi connectivity index (χ3v) is 14.1. The number of nitrogens with zero attached hydrogens (tertiary/aromatic N) is 5. The molecule has 54 heavy (non-hydrogen) atoms. The molecule has 0 amide bonds. The van der Waals surface area contributed by atoms with Crippen molar-refractivity contribution in [2.24, 2.45) is 5.73 Å². The van der Waals surface area contributed by atoms with Gasteiger partial charge in [-0.2, -0.15) is 0 Å². The van der Waals surface area contributed by atoms with E-state index in [0.717, 1.165) is 62.4 Å². The molecule has 1 aromatic heterocycles. The number of carbonyl (C=O) groups is 1. The van der Waals surface area contributed by atoms with E-state index in [1.54, 1.807) is 0 Å². The van der Waals surface area contributed by atoms with Crippen molar-refractivity contribution in [3.63, 3.8) is 0 Å². The van der Waals surface area contributed by atoms with Crippen molar-refractivity contribution >= 4 is 74.4 Å². The lowest BCUT2D eigenvalue weighted by Gasteiger charge is -2.36. The molecular weight excluding hydrogens is 775 g/mol. The Bertz CT molecular complexity index is 1640. The van der Waals surface area contributed by atoms with Crippen LogP contribution in [0.1, 0.15) is 93.9 Å². The number of hydrogen-bond acceptors (Lipinski definition) is 7. The number of Topliss-reactive ketones (excluding diaryl/α,β-unsaturated/α-hetero) is 1. The Balaban J connectivity index is 0.000000172. The molecule has 2 aliphatic heterocycles. The van der Waals surface area contributed by atoms with E-state index >= 15 is 0 Å². The largest absolute Gasteiger partial charge is 0.376 e. The van der Waals surface area contributed by atoms with Crippen LogP contribution in [-0.4, -0.2) is 103 Å². The van der Waals surface area contributed by atoms with E-state index in [1.165, 1.54) is 67.8 Å². The zero-order chi connectivity index (χ0) is 38.9. The molecule has 2 aliphatic carbocycles. The van der Waals surface area contributed by atoms with Crippen molar-refractivity contribution in [1.29, 1.82) is 0 Å². The summed E-state index contributed by atoms with van der Waals surface area (Å²) in [6.45, 7) is 4.21. The lowest BCUT2D eigenvalue weighted by molar-refractivity contribution is -0.123. The van der Waals surface area contributed by atoms with Gasteiger partial charge in [0.2, 0.25) is 0 Å². The van der Waals surface area contributed by atoms with Gasteiger partial charge in [-0.3, -0.25) is 4.79 Å². The smallest absolute Gasteiger partial charge is 0.185 e. The number of aromatic nitrogens is 1. The van der Waals surface area contributed by atoms with E-state index in [-0.39, 0.29) is 22.5 Å². The Morgan fingerprint density at radius 1 is 0.815 bits per heavy atom. The van der Waals surface area contributed by atoms with Crippen molar-refractivity contribution in [2.45, 2.75) is 100.0 Å². The second-order valence-corrected chi connectivity index (χ2v) is 18.3.